The van der Waals surface area contributed by atoms with Gasteiger partial charge in [0.05, 0.1) is 12.7 Å². The Morgan fingerprint density at radius 1 is 1.44 bits per heavy atom. The molecule has 0 radical (unpaired) electrons. The highest BCUT2D eigenvalue weighted by Gasteiger charge is 2.19. The lowest BCUT2D eigenvalue weighted by atomic mass is 9.92. The zero-order valence-electron chi connectivity index (χ0n) is 10.1. The summed E-state index contributed by atoms with van der Waals surface area (Å²) in [6.07, 6.45) is 2.81. The molecule has 2 atom stereocenters. The topological polar surface area (TPSA) is 29.5 Å². The van der Waals surface area contributed by atoms with Crippen LogP contribution in [0.5, 0.6) is 5.75 Å². The molecular formula is C14H20O2. The number of benzene rings is 1. The fourth-order valence-corrected chi connectivity index (χ4v) is 2.33. The zero-order valence-corrected chi connectivity index (χ0v) is 10.1. The second kappa shape index (κ2) is 4.88. The van der Waals surface area contributed by atoms with Crippen molar-refractivity contribution in [2.24, 2.45) is 5.92 Å². The normalized spacial score (nSPS) is 17.7. The van der Waals surface area contributed by atoms with Crippen molar-refractivity contribution in [2.75, 3.05) is 6.61 Å². The number of aliphatic hydroxyl groups is 1. The summed E-state index contributed by atoms with van der Waals surface area (Å²) in [6, 6.07) is 6.07. The first-order valence-electron chi connectivity index (χ1n) is 6.16. The lowest BCUT2D eigenvalue weighted by Gasteiger charge is -2.19. The molecule has 2 unspecified atom stereocenters. The summed E-state index contributed by atoms with van der Waals surface area (Å²) in [4.78, 5) is 0. The van der Waals surface area contributed by atoms with Crippen LogP contribution in [-0.2, 0) is 6.42 Å². The molecule has 16 heavy (non-hydrogen) atoms. The van der Waals surface area contributed by atoms with Crippen molar-refractivity contribution in [3.8, 4) is 5.75 Å². The molecule has 1 aliphatic heterocycles. The van der Waals surface area contributed by atoms with Gasteiger partial charge in [-0.05, 0) is 35.6 Å². The van der Waals surface area contributed by atoms with Crippen LogP contribution < -0.4 is 4.74 Å². The molecular weight excluding hydrogens is 200 g/mol. The van der Waals surface area contributed by atoms with Crippen molar-refractivity contribution in [2.45, 2.75) is 39.2 Å². The second-order valence-corrected chi connectivity index (χ2v) is 4.68. The number of hydrogen-bond donors (Lipinski definition) is 1. The van der Waals surface area contributed by atoms with Gasteiger partial charge in [0.1, 0.15) is 5.75 Å². The van der Waals surface area contributed by atoms with Gasteiger partial charge < -0.3 is 9.84 Å². The molecule has 0 saturated carbocycles. The van der Waals surface area contributed by atoms with Crippen molar-refractivity contribution in [1.82, 2.24) is 0 Å². The molecule has 1 N–H and O–H groups in total. The lowest BCUT2D eigenvalue weighted by molar-refractivity contribution is 0.112. The van der Waals surface area contributed by atoms with Crippen LogP contribution in [0.15, 0.2) is 18.2 Å². The first-order chi connectivity index (χ1) is 7.72. The van der Waals surface area contributed by atoms with Crippen molar-refractivity contribution >= 4 is 0 Å². The highest BCUT2D eigenvalue weighted by Crippen LogP contribution is 2.31. The summed E-state index contributed by atoms with van der Waals surface area (Å²) < 4.78 is 5.46. The van der Waals surface area contributed by atoms with Crippen LogP contribution >= 0.6 is 0 Å². The quantitative estimate of drug-likeness (QED) is 0.845. The smallest absolute Gasteiger partial charge is 0.122 e. The van der Waals surface area contributed by atoms with Gasteiger partial charge in [-0.1, -0.05) is 26.3 Å². The molecule has 2 nitrogen and oxygen atoms in total. The molecule has 0 spiro atoms. The minimum Gasteiger partial charge on any atom is -0.493 e. The van der Waals surface area contributed by atoms with E-state index in [9.17, 15) is 5.11 Å². The lowest BCUT2D eigenvalue weighted by Crippen LogP contribution is -2.09. The summed E-state index contributed by atoms with van der Waals surface area (Å²) >= 11 is 0. The van der Waals surface area contributed by atoms with Gasteiger partial charge in [-0.3, -0.25) is 0 Å². The summed E-state index contributed by atoms with van der Waals surface area (Å²) in [5, 5.41) is 10.2. The van der Waals surface area contributed by atoms with Crippen LogP contribution in [0.1, 0.15) is 43.9 Å². The van der Waals surface area contributed by atoms with Crippen LogP contribution in [0.25, 0.3) is 0 Å². The maximum atomic E-state index is 10.2. The Kier molecular flexibility index (Phi) is 3.49. The summed E-state index contributed by atoms with van der Waals surface area (Å²) in [5.74, 6) is 1.31. The third-order valence-electron chi connectivity index (χ3n) is 3.34. The number of hydrogen-bond acceptors (Lipinski definition) is 2. The molecule has 2 heteroatoms. The first-order valence-corrected chi connectivity index (χ1v) is 6.16. The highest BCUT2D eigenvalue weighted by atomic mass is 16.5. The minimum absolute atomic E-state index is 0.324. The Morgan fingerprint density at radius 2 is 2.25 bits per heavy atom. The molecule has 1 aromatic carbocycles. The van der Waals surface area contributed by atoms with Crippen LogP contribution in [-0.4, -0.2) is 11.7 Å². The number of aliphatic hydroxyl groups excluding tert-OH is 1. The molecule has 0 aromatic heterocycles. The van der Waals surface area contributed by atoms with E-state index >= 15 is 0 Å². The number of ether oxygens (including phenoxy) is 1. The zero-order chi connectivity index (χ0) is 11.5. The molecule has 1 aromatic rings. The maximum Gasteiger partial charge on any atom is 0.122 e. The summed E-state index contributed by atoms with van der Waals surface area (Å²) in [5.41, 5.74) is 2.27. The number of fused-ring (bicyclic) bond motifs is 1. The van der Waals surface area contributed by atoms with Gasteiger partial charge in [0.25, 0.3) is 0 Å². The fraction of sp³-hybridized carbons (Fsp3) is 0.571. The van der Waals surface area contributed by atoms with Crippen LogP contribution in [0.3, 0.4) is 0 Å². The van der Waals surface area contributed by atoms with Crippen LogP contribution in [0, 0.1) is 5.92 Å². The van der Waals surface area contributed by atoms with Crippen molar-refractivity contribution in [3.63, 3.8) is 0 Å². The van der Waals surface area contributed by atoms with E-state index in [4.69, 9.17) is 4.74 Å². The van der Waals surface area contributed by atoms with Gasteiger partial charge in [0.15, 0.2) is 0 Å². The molecule has 0 aliphatic carbocycles. The number of rotatable bonds is 4. The van der Waals surface area contributed by atoms with E-state index in [2.05, 4.69) is 19.9 Å². The van der Waals surface area contributed by atoms with E-state index in [0.29, 0.717) is 5.92 Å². The van der Waals surface area contributed by atoms with Crippen LogP contribution in [0.2, 0.25) is 0 Å². The average molecular weight is 220 g/mol. The Bertz CT molecular complexity index is 360. The van der Waals surface area contributed by atoms with E-state index in [1.807, 2.05) is 12.1 Å². The van der Waals surface area contributed by atoms with Crippen molar-refractivity contribution < 1.29 is 9.84 Å². The van der Waals surface area contributed by atoms with E-state index in [0.717, 1.165) is 37.2 Å². The monoisotopic (exact) mass is 220 g/mol. The van der Waals surface area contributed by atoms with E-state index in [-0.39, 0.29) is 6.10 Å². The van der Waals surface area contributed by atoms with E-state index in [1.165, 1.54) is 5.56 Å². The average Bonchev–Trinajstić information content (AvgIpc) is 2.75. The van der Waals surface area contributed by atoms with Gasteiger partial charge in [-0.15, -0.1) is 0 Å². The van der Waals surface area contributed by atoms with Gasteiger partial charge >= 0.3 is 0 Å². The molecule has 0 amide bonds. The van der Waals surface area contributed by atoms with E-state index < -0.39 is 0 Å². The predicted octanol–water partition coefficient (Wildman–Crippen LogP) is 3.09. The molecule has 0 bridgehead atoms. The standard InChI is InChI=1S/C14H20O2/c1-3-4-10(2)14(15)12-5-6-13-11(9-12)7-8-16-13/h5-6,9-10,14-15H,3-4,7-8H2,1-2H3. The fourth-order valence-electron chi connectivity index (χ4n) is 2.33. The molecule has 0 saturated heterocycles. The van der Waals surface area contributed by atoms with Gasteiger partial charge in [0.2, 0.25) is 0 Å². The largest absolute Gasteiger partial charge is 0.493 e. The Hall–Kier alpha value is -1.02. The molecule has 1 aliphatic rings. The summed E-state index contributed by atoms with van der Waals surface area (Å²) in [6.45, 7) is 5.04. The maximum absolute atomic E-state index is 10.2. The minimum atomic E-state index is -0.342. The molecule has 88 valence electrons. The summed E-state index contributed by atoms with van der Waals surface area (Å²) in [7, 11) is 0. The SMILES string of the molecule is CCCC(C)C(O)c1ccc2c(c1)CCO2. The van der Waals surface area contributed by atoms with Gasteiger partial charge in [-0.25, -0.2) is 0 Å². The predicted molar refractivity (Wildman–Crippen MR) is 64.7 cm³/mol. The Labute approximate surface area is 97.3 Å². The highest BCUT2D eigenvalue weighted by molar-refractivity contribution is 5.40. The van der Waals surface area contributed by atoms with Gasteiger partial charge in [0, 0.05) is 6.42 Å². The van der Waals surface area contributed by atoms with Crippen molar-refractivity contribution in [1.29, 1.82) is 0 Å². The molecule has 0 fully saturated rings. The Balaban J connectivity index is 2.14. The third-order valence-corrected chi connectivity index (χ3v) is 3.34. The second-order valence-electron chi connectivity index (χ2n) is 4.68. The molecule has 1 heterocycles. The van der Waals surface area contributed by atoms with Gasteiger partial charge in [-0.2, -0.15) is 0 Å². The third kappa shape index (κ3) is 2.22. The molecule has 2 rings (SSSR count). The first kappa shape index (κ1) is 11.5. The van der Waals surface area contributed by atoms with Crippen LogP contribution in [0.4, 0.5) is 0 Å². The Morgan fingerprint density at radius 3 is 3.00 bits per heavy atom. The van der Waals surface area contributed by atoms with Crippen molar-refractivity contribution in [3.05, 3.63) is 29.3 Å². The van der Waals surface area contributed by atoms with E-state index in [1.54, 1.807) is 0 Å².